The highest BCUT2D eigenvalue weighted by molar-refractivity contribution is 7.12. The summed E-state index contributed by atoms with van der Waals surface area (Å²) in [5.74, 6) is 1.03. The molecule has 0 saturated carbocycles. The van der Waals surface area contributed by atoms with Crippen LogP contribution in [0.4, 0.5) is 0 Å². The molecule has 0 radical (unpaired) electrons. The van der Waals surface area contributed by atoms with Crippen LogP contribution in [-0.4, -0.2) is 15.3 Å². The molecule has 2 aromatic heterocycles. The van der Waals surface area contributed by atoms with Gasteiger partial charge in [-0.15, -0.1) is 11.3 Å². The standard InChI is InChI=1S/C12H14N2OS/c1-8-6-11(9(2)16-8)12(15)7-14-5-4-13-10(14)3/h4-6H,7H2,1-3H3. The Hall–Kier alpha value is -1.42. The number of nitrogens with zero attached hydrogens (tertiary/aromatic N) is 2. The molecule has 84 valence electrons. The molecule has 0 saturated heterocycles. The van der Waals surface area contributed by atoms with E-state index in [1.165, 1.54) is 4.88 Å². The van der Waals surface area contributed by atoms with Crippen LogP contribution in [0.2, 0.25) is 0 Å². The summed E-state index contributed by atoms with van der Waals surface area (Å²) in [5, 5.41) is 0. The molecule has 0 N–H and O–H groups in total. The van der Waals surface area contributed by atoms with Crippen molar-refractivity contribution in [3.05, 3.63) is 39.6 Å². The molecule has 0 amide bonds. The fourth-order valence-corrected chi connectivity index (χ4v) is 2.66. The predicted molar refractivity (Wildman–Crippen MR) is 65.1 cm³/mol. The Kier molecular flexibility index (Phi) is 2.92. The molecule has 2 rings (SSSR count). The second-order valence-corrected chi connectivity index (χ2v) is 5.31. The van der Waals surface area contributed by atoms with Gasteiger partial charge in [-0.2, -0.15) is 0 Å². The number of carbonyl (C=O) groups is 1. The lowest BCUT2D eigenvalue weighted by Crippen LogP contribution is -2.11. The van der Waals surface area contributed by atoms with Gasteiger partial charge in [-0.3, -0.25) is 4.79 Å². The van der Waals surface area contributed by atoms with Gasteiger partial charge in [-0.05, 0) is 26.8 Å². The Morgan fingerprint density at radius 1 is 1.44 bits per heavy atom. The van der Waals surface area contributed by atoms with Gasteiger partial charge in [0.05, 0.1) is 6.54 Å². The van der Waals surface area contributed by atoms with E-state index in [1.54, 1.807) is 17.5 Å². The van der Waals surface area contributed by atoms with Crippen molar-refractivity contribution >= 4 is 17.1 Å². The highest BCUT2D eigenvalue weighted by atomic mass is 32.1. The largest absolute Gasteiger partial charge is 0.327 e. The van der Waals surface area contributed by atoms with Crippen molar-refractivity contribution in [1.82, 2.24) is 9.55 Å². The molecule has 0 fully saturated rings. The number of Topliss-reactive ketones (excluding diaryl/α,β-unsaturated/α-hetero) is 1. The maximum atomic E-state index is 12.1. The molecule has 2 aromatic rings. The van der Waals surface area contributed by atoms with Crippen molar-refractivity contribution in [1.29, 1.82) is 0 Å². The van der Waals surface area contributed by atoms with Crippen molar-refractivity contribution in [2.75, 3.05) is 0 Å². The number of hydrogen-bond acceptors (Lipinski definition) is 3. The fraction of sp³-hybridized carbons (Fsp3) is 0.333. The number of aryl methyl sites for hydroxylation is 3. The summed E-state index contributed by atoms with van der Waals surface area (Å²) < 4.78 is 1.87. The summed E-state index contributed by atoms with van der Waals surface area (Å²) in [5.41, 5.74) is 0.843. The summed E-state index contributed by atoms with van der Waals surface area (Å²) in [6, 6.07) is 1.97. The van der Waals surface area contributed by atoms with Crippen molar-refractivity contribution in [2.45, 2.75) is 27.3 Å². The first-order chi connectivity index (χ1) is 7.58. The van der Waals surface area contributed by atoms with E-state index in [9.17, 15) is 4.79 Å². The topological polar surface area (TPSA) is 34.9 Å². The van der Waals surface area contributed by atoms with Gasteiger partial charge in [0.1, 0.15) is 5.82 Å². The maximum Gasteiger partial charge on any atom is 0.183 e. The van der Waals surface area contributed by atoms with Crippen LogP contribution in [0.1, 0.15) is 25.9 Å². The van der Waals surface area contributed by atoms with Gasteiger partial charge in [-0.1, -0.05) is 0 Å². The third-order valence-electron chi connectivity index (χ3n) is 2.58. The third-order valence-corrected chi connectivity index (χ3v) is 3.54. The van der Waals surface area contributed by atoms with Crippen LogP contribution in [0.3, 0.4) is 0 Å². The van der Waals surface area contributed by atoms with Gasteiger partial charge in [0.25, 0.3) is 0 Å². The number of ketones is 1. The van der Waals surface area contributed by atoms with Gasteiger partial charge in [0.2, 0.25) is 0 Å². The predicted octanol–water partition coefficient (Wildman–Crippen LogP) is 2.75. The van der Waals surface area contributed by atoms with Gasteiger partial charge >= 0.3 is 0 Å². The number of aromatic nitrogens is 2. The highest BCUT2D eigenvalue weighted by Gasteiger charge is 2.13. The van der Waals surface area contributed by atoms with Crippen LogP contribution in [-0.2, 0) is 6.54 Å². The smallest absolute Gasteiger partial charge is 0.183 e. The first kappa shape index (κ1) is 11.1. The molecule has 0 bridgehead atoms. The molecular weight excluding hydrogens is 220 g/mol. The zero-order chi connectivity index (χ0) is 11.7. The molecule has 0 aliphatic rings. The lowest BCUT2D eigenvalue weighted by atomic mass is 10.1. The summed E-state index contributed by atoms with van der Waals surface area (Å²) in [6.07, 6.45) is 3.55. The fourth-order valence-electron chi connectivity index (χ4n) is 1.72. The quantitative estimate of drug-likeness (QED) is 0.765. The summed E-state index contributed by atoms with van der Waals surface area (Å²) in [4.78, 5) is 18.4. The monoisotopic (exact) mass is 234 g/mol. The molecule has 0 aromatic carbocycles. The Morgan fingerprint density at radius 3 is 2.69 bits per heavy atom. The van der Waals surface area contributed by atoms with Gasteiger partial charge < -0.3 is 4.57 Å². The molecule has 0 atom stereocenters. The SMILES string of the molecule is Cc1cc(C(=O)Cn2ccnc2C)c(C)s1. The number of rotatable bonds is 3. The number of hydrogen-bond donors (Lipinski definition) is 0. The molecule has 0 aliphatic carbocycles. The van der Waals surface area contributed by atoms with E-state index in [1.807, 2.05) is 37.6 Å². The van der Waals surface area contributed by atoms with E-state index in [0.29, 0.717) is 6.54 Å². The Bertz CT molecular complexity index is 525. The van der Waals surface area contributed by atoms with Crippen molar-refractivity contribution in [3.63, 3.8) is 0 Å². The average Bonchev–Trinajstić information content (AvgIpc) is 2.74. The maximum absolute atomic E-state index is 12.1. The molecule has 16 heavy (non-hydrogen) atoms. The summed E-state index contributed by atoms with van der Waals surface area (Å²) >= 11 is 1.67. The first-order valence-corrected chi connectivity index (χ1v) is 5.97. The van der Waals surface area contributed by atoms with Crippen molar-refractivity contribution in [2.24, 2.45) is 0 Å². The zero-order valence-electron chi connectivity index (χ0n) is 9.65. The van der Waals surface area contributed by atoms with E-state index in [0.717, 1.165) is 16.3 Å². The van der Waals surface area contributed by atoms with Crippen molar-refractivity contribution in [3.8, 4) is 0 Å². The molecular formula is C12H14N2OS. The van der Waals surface area contributed by atoms with E-state index in [4.69, 9.17) is 0 Å². The van der Waals surface area contributed by atoms with Gasteiger partial charge in [-0.25, -0.2) is 4.98 Å². The number of carbonyl (C=O) groups excluding carboxylic acids is 1. The molecule has 0 unspecified atom stereocenters. The highest BCUT2D eigenvalue weighted by Crippen LogP contribution is 2.21. The van der Waals surface area contributed by atoms with E-state index in [2.05, 4.69) is 4.98 Å². The normalized spacial score (nSPS) is 10.7. The van der Waals surface area contributed by atoms with Crippen LogP contribution in [0.5, 0.6) is 0 Å². The molecule has 4 heteroatoms. The number of imidazole rings is 1. The summed E-state index contributed by atoms with van der Waals surface area (Å²) in [7, 11) is 0. The second kappa shape index (κ2) is 4.22. The van der Waals surface area contributed by atoms with Crippen LogP contribution in [0, 0.1) is 20.8 Å². The van der Waals surface area contributed by atoms with Crippen molar-refractivity contribution < 1.29 is 4.79 Å². The summed E-state index contributed by atoms with van der Waals surface area (Å²) in [6.45, 7) is 6.30. The lowest BCUT2D eigenvalue weighted by Gasteiger charge is -2.03. The first-order valence-electron chi connectivity index (χ1n) is 5.16. The lowest BCUT2D eigenvalue weighted by molar-refractivity contribution is 0.0971. The molecule has 0 aliphatic heterocycles. The van der Waals surface area contributed by atoms with E-state index >= 15 is 0 Å². The molecule has 0 spiro atoms. The van der Waals surface area contributed by atoms with Crippen LogP contribution < -0.4 is 0 Å². The minimum Gasteiger partial charge on any atom is -0.327 e. The van der Waals surface area contributed by atoms with Crippen LogP contribution >= 0.6 is 11.3 Å². The average molecular weight is 234 g/mol. The second-order valence-electron chi connectivity index (χ2n) is 3.85. The number of thiophene rings is 1. The zero-order valence-corrected chi connectivity index (χ0v) is 10.5. The van der Waals surface area contributed by atoms with E-state index < -0.39 is 0 Å². The minimum absolute atomic E-state index is 0.156. The van der Waals surface area contributed by atoms with Crippen LogP contribution in [0.25, 0.3) is 0 Å². The van der Waals surface area contributed by atoms with Gasteiger partial charge in [0, 0.05) is 27.7 Å². The van der Waals surface area contributed by atoms with E-state index in [-0.39, 0.29) is 5.78 Å². The van der Waals surface area contributed by atoms with Crippen LogP contribution in [0.15, 0.2) is 18.5 Å². The minimum atomic E-state index is 0.156. The Morgan fingerprint density at radius 2 is 2.19 bits per heavy atom. The molecule has 3 nitrogen and oxygen atoms in total. The Balaban J connectivity index is 2.21. The Labute approximate surface area is 98.8 Å². The van der Waals surface area contributed by atoms with Gasteiger partial charge in [0.15, 0.2) is 5.78 Å². The molecule has 2 heterocycles. The third kappa shape index (κ3) is 2.07.